The highest BCUT2D eigenvalue weighted by molar-refractivity contribution is 9.10. The Labute approximate surface area is 317 Å². The van der Waals surface area contributed by atoms with Crippen molar-refractivity contribution in [2.24, 2.45) is 5.73 Å². The molecule has 2 N–H and O–H groups in total. The average Bonchev–Trinajstić information content (AvgIpc) is 3.66. The molecule has 5 aromatic rings. The number of alkyl halides is 3. The molecular formula is C41H45BBrF3N2O5. The second kappa shape index (κ2) is 15.8. The summed E-state index contributed by atoms with van der Waals surface area (Å²) in [6, 6.07) is 30.1. The van der Waals surface area contributed by atoms with Gasteiger partial charge in [-0.25, -0.2) is 4.79 Å². The molecule has 0 radical (unpaired) electrons. The number of benzene rings is 4. The van der Waals surface area contributed by atoms with Gasteiger partial charge in [0.2, 0.25) is 5.76 Å². The first-order chi connectivity index (χ1) is 24.8. The highest BCUT2D eigenvalue weighted by atomic mass is 79.9. The Kier molecular flexibility index (Phi) is 12.0. The zero-order valence-electron chi connectivity index (χ0n) is 31.0. The molecule has 1 unspecified atom stereocenters. The summed E-state index contributed by atoms with van der Waals surface area (Å²) in [6.45, 7) is 13.1. The van der Waals surface area contributed by atoms with Gasteiger partial charge in [-0.3, -0.25) is 4.90 Å². The fourth-order valence-electron chi connectivity index (χ4n) is 6.04. The number of hydrogen-bond acceptors (Lipinski definition) is 7. The van der Waals surface area contributed by atoms with E-state index in [0.717, 1.165) is 49.0 Å². The number of aryl methyl sites for hydroxylation is 1. The molecule has 1 saturated heterocycles. The van der Waals surface area contributed by atoms with E-state index >= 15 is 0 Å². The molecule has 0 aliphatic carbocycles. The topological polar surface area (TPSA) is 87.2 Å². The molecule has 0 amide bonds. The summed E-state index contributed by atoms with van der Waals surface area (Å²) in [5.41, 5.74) is 8.85. The maximum atomic E-state index is 13.2. The third kappa shape index (κ3) is 9.42. The molecule has 280 valence electrons. The van der Waals surface area contributed by atoms with Crippen molar-refractivity contribution in [3.63, 3.8) is 0 Å². The predicted octanol–water partition coefficient (Wildman–Crippen LogP) is 9.06. The number of halogens is 4. The van der Waals surface area contributed by atoms with Crippen LogP contribution in [0.1, 0.15) is 68.4 Å². The van der Waals surface area contributed by atoms with Crippen molar-refractivity contribution >= 4 is 45.3 Å². The van der Waals surface area contributed by atoms with Crippen LogP contribution in [-0.2, 0) is 50.2 Å². The molecule has 0 saturated carbocycles. The largest absolute Gasteiger partial charge is 0.494 e. The van der Waals surface area contributed by atoms with E-state index in [-0.39, 0.29) is 12.3 Å². The van der Waals surface area contributed by atoms with Crippen LogP contribution in [0.15, 0.2) is 106 Å². The molecule has 0 spiro atoms. The maximum absolute atomic E-state index is 13.2. The van der Waals surface area contributed by atoms with Crippen LogP contribution < -0.4 is 11.2 Å². The van der Waals surface area contributed by atoms with E-state index in [4.69, 9.17) is 19.5 Å². The first-order valence-corrected chi connectivity index (χ1v) is 18.0. The molecule has 4 aromatic carbocycles. The second-order valence-electron chi connectivity index (χ2n) is 14.5. The Morgan fingerprint density at radius 3 is 2.13 bits per heavy atom. The number of methoxy groups -OCH3 is 1. The lowest BCUT2D eigenvalue weighted by Gasteiger charge is -2.32. The van der Waals surface area contributed by atoms with Crippen LogP contribution in [0, 0.1) is 6.92 Å². The molecule has 6 rings (SSSR count). The number of esters is 1. The van der Waals surface area contributed by atoms with Crippen LogP contribution in [0.5, 0.6) is 0 Å². The molecular weight excluding hydrogens is 748 g/mol. The first kappa shape index (κ1) is 40.3. The summed E-state index contributed by atoms with van der Waals surface area (Å²) in [5, 5.41) is 2.26. The molecule has 0 bridgehead atoms. The molecule has 1 aromatic heterocycles. The standard InChI is InChI=1S/C31H33BF3NO3.C10H12BrNO2/c1-21-10-13-23-8-6-7-9-26(23)27(21)20-36(19-25-16-17-28(37-25)31(33,34)35)18-22-11-14-24(15-12-22)32-38-29(2,3)30(4,5)39-32;1-10(12,9(13)14-2)7-4-3-5-8(11)6-7/h6-17H,18-20H2,1-5H3;3-6H,12H2,1-2H3. The van der Waals surface area contributed by atoms with E-state index < -0.39 is 41.8 Å². The summed E-state index contributed by atoms with van der Waals surface area (Å²) in [4.78, 5) is 13.5. The number of furan rings is 1. The summed E-state index contributed by atoms with van der Waals surface area (Å²) in [5.74, 6) is -1.16. The van der Waals surface area contributed by atoms with Crippen molar-refractivity contribution in [2.75, 3.05) is 7.11 Å². The average molecular weight is 794 g/mol. The van der Waals surface area contributed by atoms with Gasteiger partial charge in [0.15, 0.2) is 0 Å². The van der Waals surface area contributed by atoms with E-state index in [1.807, 2.05) is 76.2 Å². The Morgan fingerprint density at radius 1 is 0.868 bits per heavy atom. The molecule has 1 fully saturated rings. The number of nitrogens with zero attached hydrogens (tertiary/aromatic N) is 1. The number of ether oxygens (including phenoxy) is 1. The van der Waals surface area contributed by atoms with Gasteiger partial charge in [-0.05, 0) is 104 Å². The quantitative estimate of drug-likeness (QED) is 0.118. The number of fused-ring (bicyclic) bond motifs is 1. The van der Waals surface area contributed by atoms with Crippen LogP contribution in [0.3, 0.4) is 0 Å². The van der Waals surface area contributed by atoms with E-state index in [1.165, 1.54) is 13.2 Å². The van der Waals surface area contributed by atoms with Gasteiger partial charge in [0.05, 0.1) is 24.9 Å². The number of carbonyl (C=O) groups excluding carboxylic acids is 1. The van der Waals surface area contributed by atoms with Crippen LogP contribution in [0.4, 0.5) is 13.2 Å². The molecule has 1 aliphatic rings. The van der Waals surface area contributed by atoms with Gasteiger partial charge in [-0.15, -0.1) is 0 Å². The van der Waals surface area contributed by atoms with Gasteiger partial charge in [0.25, 0.3) is 0 Å². The van der Waals surface area contributed by atoms with Crippen molar-refractivity contribution in [3.8, 4) is 0 Å². The van der Waals surface area contributed by atoms with Gasteiger partial charge in [0, 0.05) is 17.6 Å². The number of rotatable bonds is 9. The summed E-state index contributed by atoms with van der Waals surface area (Å²) in [7, 11) is 0.869. The van der Waals surface area contributed by atoms with Crippen molar-refractivity contribution in [1.29, 1.82) is 0 Å². The Bertz CT molecular complexity index is 2030. The van der Waals surface area contributed by atoms with Crippen LogP contribution in [0.25, 0.3) is 10.8 Å². The monoisotopic (exact) mass is 792 g/mol. The highest BCUT2D eigenvalue weighted by Gasteiger charge is 2.51. The number of hydrogen-bond donors (Lipinski definition) is 1. The number of nitrogens with two attached hydrogens (primary N) is 1. The molecule has 7 nitrogen and oxygen atoms in total. The van der Waals surface area contributed by atoms with E-state index in [1.54, 1.807) is 19.1 Å². The highest BCUT2D eigenvalue weighted by Crippen LogP contribution is 2.37. The van der Waals surface area contributed by atoms with Gasteiger partial charge in [-0.2, -0.15) is 13.2 Å². The Balaban J connectivity index is 0.000000326. The Morgan fingerprint density at radius 2 is 1.53 bits per heavy atom. The third-order valence-corrected chi connectivity index (χ3v) is 10.4. The van der Waals surface area contributed by atoms with E-state index in [9.17, 15) is 18.0 Å². The minimum absolute atomic E-state index is 0.234. The summed E-state index contributed by atoms with van der Waals surface area (Å²) < 4.78 is 62.6. The lowest BCUT2D eigenvalue weighted by Crippen LogP contribution is -2.42. The molecule has 1 atom stereocenters. The molecule has 2 heterocycles. The zero-order valence-corrected chi connectivity index (χ0v) is 32.6. The number of carbonyl (C=O) groups is 1. The molecule has 12 heteroatoms. The third-order valence-electron chi connectivity index (χ3n) is 9.92. The van der Waals surface area contributed by atoms with Crippen molar-refractivity contribution in [3.05, 3.63) is 135 Å². The normalized spacial score (nSPS) is 16.3. The minimum Gasteiger partial charge on any atom is -0.467 e. The predicted molar refractivity (Wildman–Crippen MR) is 205 cm³/mol. The molecule has 1 aliphatic heterocycles. The van der Waals surface area contributed by atoms with Crippen LogP contribution in [0.2, 0.25) is 0 Å². The maximum Gasteiger partial charge on any atom is 0.494 e. The Hall–Kier alpha value is -3.94. The molecule has 53 heavy (non-hydrogen) atoms. The van der Waals surface area contributed by atoms with Crippen molar-refractivity contribution in [2.45, 2.75) is 84.1 Å². The van der Waals surface area contributed by atoms with Gasteiger partial charge in [-0.1, -0.05) is 88.7 Å². The lowest BCUT2D eigenvalue weighted by molar-refractivity contribution is -0.153. The zero-order chi connectivity index (χ0) is 38.8. The van der Waals surface area contributed by atoms with Gasteiger partial charge >= 0.3 is 19.3 Å². The summed E-state index contributed by atoms with van der Waals surface area (Å²) >= 11 is 3.32. The summed E-state index contributed by atoms with van der Waals surface area (Å²) in [6.07, 6.45) is -4.52. The first-order valence-electron chi connectivity index (χ1n) is 17.2. The van der Waals surface area contributed by atoms with Crippen LogP contribution in [-0.4, -0.2) is 36.3 Å². The van der Waals surface area contributed by atoms with E-state index in [2.05, 4.69) is 56.8 Å². The smallest absolute Gasteiger partial charge is 0.467 e. The minimum atomic E-state index is -4.52. The van der Waals surface area contributed by atoms with Crippen LogP contribution >= 0.6 is 15.9 Å². The lowest BCUT2D eigenvalue weighted by atomic mass is 9.79. The fraction of sp³-hybridized carbons (Fsp3) is 0.341. The second-order valence-corrected chi connectivity index (χ2v) is 15.4. The van der Waals surface area contributed by atoms with Gasteiger partial charge in [0.1, 0.15) is 11.3 Å². The van der Waals surface area contributed by atoms with Crippen molar-refractivity contribution < 1.29 is 36.4 Å². The van der Waals surface area contributed by atoms with Gasteiger partial charge < -0.3 is 24.2 Å². The van der Waals surface area contributed by atoms with E-state index in [0.29, 0.717) is 13.1 Å². The SMILES string of the molecule is COC(=O)C(C)(N)c1cccc(Br)c1.Cc1ccc2ccccc2c1CN(Cc1ccc(B2OC(C)(C)C(C)(C)O2)cc1)Cc1ccc(C(F)(F)F)o1. The fourth-order valence-corrected chi connectivity index (χ4v) is 6.44. The van der Waals surface area contributed by atoms with Crippen molar-refractivity contribution in [1.82, 2.24) is 4.90 Å².